The molecule has 5 heteroatoms. The molecule has 0 aliphatic heterocycles. The molecule has 0 aliphatic carbocycles. The van der Waals surface area contributed by atoms with Crippen LogP contribution < -0.4 is 11.0 Å². The lowest BCUT2D eigenvalue weighted by Crippen LogP contribution is -2.00. The van der Waals surface area contributed by atoms with Gasteiger partial charge in [-0.2, -0.15) is 0 Å². The molecule has 1 heterocycles. The fourth-order valence-electron chi connectivity index (χ4n) is 1.33. The van der Waals surface area contributed by atoms with Crippen LogP contribution in [0.1, 0.15) is 0 Å². The Balaban J connectivity index is 3.17. The van der Waals surface area contributed by atoms with Crippen LogP contribution in [0.5, 0.6) is 5.75 Å². The third-order valence-electron chi connectivity index (χ3n) is 2.01. The average molecular weight is 207 g/mol. The van der Waals surface area contributed by atoms with E-state index in [1.165, 1.54) is 12.1 Å². The molecular formula is C10H6FNO3. The van der Waals surface area contributed by atoms with E-state index in [2.05, 4.69) is 4.98 Å². The van der Waals surface area contributed by atoms with Gasteiger partial charge in [0.25, 0.3) is 5.56 Å². The van der Waals surface area contributed by atoms with Gasteiger partial charge in [-0.1, -0.05) is 6.07 Å². The summed E-state index contributed by atoms with van der Waals surface area (Å²) in [5.74, 6) is -1.46. The Morgan fingerprint density at radius 3 is 2.73 bits per heavy atom. The number of aromatic amines is 1. The van der Waals surface area contributed by atoms with Crippen molar-refractivity contribution in [1.82, 2.24) is 4.98 Å². The molecule has 0 bridgehead atoms. The number of benzene rings is 1. The summed E-state index contributed by atoms with van der Waals surface area (Å²) in [5.41, 5.74) is -1.50. The summed E-state index contributed by atoms with van der Waals surface area (Å²) >= 11 is 0. The Bertz CT molecular complexity index is 648. The van der Waals surface area contributed by atoms with Crippen molar-refractivity contribution in [2.45, 2.75) is 0 Å². The Morgan fingerprint density at radius 2 is 2.00 bits per heavy atom. The van der Waals surface area contributed by atoms with Crippen molar-refractivity contribution in [2.24, 2.45) is 0 Å². The minimum atomic E-state index is -0.826. The number of rotatable bonds is 0. The van der Waals surface area contributed by atoms with E-state index < -0.39 is 22.6 Å². The first-order valence-corrected chi connectivity index (χ1v) is 4.14. The Morgan fingerprint density at radius 1 is 1.27 bits per heavy atom. The van der Waals surface area contributed by atoms with E-state index in [9.17, 15) is 14.0 Å². The number of nitrogens with one attached hydrogen (secondary N) is 1. The van der Waals surface area contributed by atoms with Crippen LogP contribution in [-0.2, 0) is 0 Å². The molecule has 0 radical (unpaired) electrons. The number of halogens is 1. The van der Waals surface area contributed by atoms with E-state index in [1.807, 2.05) is 0 Å². The van der Waals surface area contributed by atoms with Gasteiger partial charge in [-0.15, -0.1) is 0 Å². The zero-order valence-corrected chi connectivity index (χ0v) is 7.45. The van der Waals surface area contributed by atoms with Crippen molar-refractivity contribution in [3.05, 3.63) is 50.7 Å². The van der Waals surface area contributed by atoms with Crippen molar-refractivity contribution < 1.29 is 9.50 Å². The molecule has 0 fully saturated rings. The molecule has 2 rings (SSSR count). The lowest BCUT2D eigenvalue weighted by molar-refractivity contribution is 0.468. The number of aromatic nitrogens is 1. The number of hydrogen-bond donors (Lipinski definition) is 2. The topological polar surface area (TPSA) is 70.2 Å². The molecule has 0 amide bonds. The summed E-state index contributed by atoms with van der Waals surface area (Å²) < 4.78 is 13.3. The summed E-state index contributed by atoms with van der Waals surface area (Å²) in [6.07, 6.45) is 0. The van der Waals surface area contributed by atoms with E-state index in [0.717, 1.165) is 6.07 Å². The van der Waals surface area contributed by atoms with Crippen LogP contribution in [0.3, 0.4) is 0 Å². The fourth-order valence-corrected chi connectivity index (χ4v) is 1.33. The first-order valence-electron chi connectivity index (χ1n) is 4.14. The van der Waals surface area contributed by atoms with Crippen molar-refractivity contribution in [3.8, 4) is 5.75 Å². The molecule has 2 N–H and O–H groups in total. The van der Waals surface area contributed by atoms with Gasteiger partial charge in [0.2, 0.25) is 0 Å². The lowest BCUT2D eigenvalue weighted by atomic mass is 10.2. The maximum absolute atomic E-state index is 13.3. The number of aromatic hydroxyl groups is 1. The van der Waals surface area contributed by atoms with Gasteiger partial charge >= 0.3 is 0 Å². The SMILES string of the molecule is O=c1[nH]c2cccc(F)c2c(=O)cc1O. The van der Waals surface area contributed by atoms with Crippen LogP contribution in [0.4, 0.5) is 4.39 Å². The van der Waals surface area contributed by atoms with Crippen molar-refractivity contribution in [2.75, 3.05) is 0 Å². The van der Waals surface area contributed by atoms with Gasteiger partial charge in [0.1, 0.15) is 5.82 Å². The molecule has 0 aliphatic rings. The van der Waals surface area contributed by atoms with Gasteiger partial charge < -0.3 is 10.1 Å². The first kappa shape index (κ1) is 9.39. The van der Waals surface area contributed by atoms with Gasteiger partial charge in [0.15, 0.2) is 11.2 Å². The number of H-pyrrole nitrogens is 1. The second-order valence-electron chi connectivity index (χ2n) is 3.01. The molecule has 2 aromatic rings. The standard InChI is InChI=1S/C10H6FNO3/c11-5-2-1-3-6-9(5)7(13)4-8(14)10(15)12-6/h1-4,14H,(H,12,15). The maximum atomic E-state index is 13.3. The Labute approximate surface area is 82.6 Å². The highest BCUT2D eigenvalue weighted by molar-refractivity contribution is 5.78. The van der Waals surface area contributed by atoms with Gasteiger partial charge in [-0.3, -0.25) is 9.59 Å². The molecule has 15 heavy (non-hydrogen) atoms. The number of hydrogen-bond acceptors (Lipinski definition) is 3. The molecule has 1 aromatic heterocycles. The van der Waals surface area contributed by atoms with E-state index in [0.29, 0.717) is 6.07 Å². The van der Waals surface area contributed by atoms with E-state index in [4.69, 9.17) is 5.11 Å². The van der Waals surface area contributed by atoms with Gasteiger partial charge in [-0.05, 0) is 12.1 Å². The van der Waals surface area contributed by atoms with Crippen LogP contribution in [0.15, 0.2) is 33.9 Å². The zero-order valence-electron chi connectivity index (χ0n) is 7.45. The zero-order chi connectivity index (χ0) is 11.0. The molecule has 0 unspecified atom stereocenters. The summed E-state index contributed by atoms with van der Waals surface area (Å²) in [7, 11) is 0. The predicted molar refractivity (Wildman–Crippen MR) is 52.5 cm³/mol. The Kier molecular flexibility index (Phi) is 2.00. The molecular weight excluding hydrogens is 201 g/mol. The van der Waals surface area contributed by atoms with Crippen molar-refractivity contribution in [3.63, 3.8) is 0 Å². The highest BCUT2D eigenvalue weighted by Crippen LogP contribution is 2.10. The smallest absolute Gasteiger partial charge is 0.290 e. The van der Waals surface area contributed by atoms with E-state index >= 15 is 0 Å². The minimum absolute atomic E-state index is 0.0605. The summed E-state index contributed by atoms with van der Waals surface area (Å²) in [5, 5.41) is 8.86. The fraction of sp³-hybridized carbons (Fsp3) is 0. The summed E-state index contributed by atoms with van der Waals surface area (Å²) in [6, 6.07) is 4.56. The molecule has 4 nitrogen and oxygen atoms in total. The third kappa shape index (κ3) is 1.48. The summed E-state index contributed by atoms with van der Waals surface area (Å²) in [6.45, 7) is 0. The quantitative estimate of drug-likeness (QED) is 0.669. The van der Waals surface area contributed by atoms with Gasteiger partial charge in [0, 0.05) is 6.07 Å². The van der Waals surface area contributed by atoms with E-state index in [1.54, 1.807) is 0 Å². The van der Waals surface area contributed by atoms with Crippen LogP contribution in [0.2, 0.25) is 0 Å². The molecule has 0 spiro atoms. The third-order valence-corrected chi connectivity index (χ3v) is 2.01. The van der Waals surface area contributed by atoms with Crippen molar-refractivity contribution in [1.29, 1.82) is 0 Å². The number of fused-ring (bicyclic) bond motifs is 1. The molecule has 1 aromatic carbocycles. The average Bonchev–Trinajstić information content (AvgIpc) is 2.26. The predicted octanol–water partition coefficient (Wildman–Crippen LogP) is 0.733. The van der Waals surface area contributed by atoms with Crippen molar-refractivity contribution >= 4 is 10.9 Å². The minimum Gasteiger partial charge on any atom is -0.503 e. The normalized spacial score (nSPS) is 10.5. The van der Waals surface area contributed by atoms with Gasteiger partial charge in [0.05, 0.1) is 10.9 Å². The highest BCUT2D eigenvalue weighted by atomic mass is 19.1. The second kappa shape index (κ2) is 3.20. The maximum Gasteiger partial charge on any atom is 0.290 e. The van der Waals surface area contributed by atoms with E-state index in [-0.39, 0.29) is 10.9 Å². The van der Waals surface area contributed by atoms with Crippen LogP contribution in [-0.4, -0.2) is 10.1 Å². The monoisotopic (exact) mass is 207 g/mol. The largest absolute Gasteiger partial charge is 0.503 e. The van der Waals surface area contributed by atoms with Crippen LogP contribution in [0.25, 0.3) is 10.9 Å². The Hall–Kier alpha value is -2.17. The second-order valence-corrected chi connectivity index (χ2v) is 3.01. The first-order chi connectivity index (χ1) is 7.09. The lowest BCUT2D eigenvalue weighted by Gasteiger charge is -1.91. The highest BCUT2D eigenvalue weighted by Gasteiger charge is 2.05. The summed E-state index contributed by atoms with van der Waals surface area (Å²) in [4.78, 5) is 24.8. The van der Waals surface area contributed by atoms with Gasteiger partial charge in [-0.25, -0.2) is 4.39 Å². The molecule has 0 saturated heterocycles. The van der Waals surface area contributed by atoms with Crippen LogP contribution >= 0.6 is 0 Å². The molecule has 76 valence electrons. The molecule has 0 saturated carbocycles. The van der Waals surface area contributed by atoms with Crippen LogP contribution in [0, 0.1) is 5.82 Å². The molecule has 0 atom stereocenters.